The van der Waals surface area contributed by atoms with Crippen molar-refractivity contribution in [3.05, 3.63) is 0 Å². The van der Waals surface area contributed by atoms with Gasteiger partial charge in [-0.2, -0.15) is 0 Å². The molecule has 0 N–H and O–H groups in total. The van der Waals surface area contributed by atoms with Crippen molar-refractivity contribution in [2.75, 3.05) is 47.0 Å². The quantitative estimate of drug-likeness (QED) is 0.0999. The molecule has 0 aromatic rings. The first-order valence-corrected chi connectivity index (χ1v) is 14.9. The van der Waals surface area contributed by atoms with Crippen molar-refractivity contribution in [2.24, 2.45) is 0 Å². The van der Waals surface area contributed by atoms with Crippen LogP contribution in [-0.2, 0) is 13.3 Å². The van der Waals surface area contributed by atoms with E-state index in [-0.39, 0.29) is 0 Å². The van der Waals surface area contributed by atoms with Crippen LogP contribution >= 0.6 is 0 Å². The maximum Gasteiger partial charge on any atom is 0.504 e. The molecular weight excluding hydrogens is 390 g/mol. The van der Waals surface area contributed by atoms with Crippen LogP contribution in [0.1, 0.15) is 112 Å². The van der Waals surface area contributed by atoms with Gasteiger partial charge < -0.3 is 17.8 Å². The van der Waals surface area contributed by atoms with Crippen LogP contribution in [0.3, 0.4) is 0 Å². The van der Waals surface area contributed by atoms with Gasteiger partial charge in [0.25, 0.3) is 0 Å². The van der Waals surface area contributed by atoms with E-state index in [4.69, 9.17) is 13.3 Å². The van der Waals surface area contributed by atoms with Crippen LogP contribution in [0, 0.1) is 0 Å². The molecule has 0 aliphatic carbocycles. The van der Waals surface area contributed by atoms with Gasteiger partial charge in [0.1, 0.15) is 0 Å². The molecule has 182 valence electrons. The molecule has 5 heteroatoms. The minimum Gasteiger partial charge on any atom is -0.374 e. The molecule has 0 aromatic carbocycles. The maximum absolute atomic E-state index is 6.32. The molecule has 0 aromatic heterocycles. The van der Waals surface area contributed by atoms with Gasteiger partial charge in [0.15, 0.2) is 0 Å². The fourth-order valence-corrected chi connectivity index (χ4v) is 7.71. The lowest BCUT2D eigenvalue weighted by atomic mass is 10.0. The number of hydrogen-bond donors (Lipinski definition) is 0. The number of hydrogen-bond acceptors (Lipinski definition) is 3. The summed E-state index contributed by atoms with van der Waals surface area (Å²) in [6.45, 7) is 15.2. The van der Waals surface area contributed by atoms with Crippen molar-refractivity contribution in [1.29, 1.82) is 0 Å². The van der Waals surface area contributed by atoms with Crippen molar-refractivity contribution < 1.29 is 17.8 Å². The molecule has 0 aliphatic heterocycles. The maximum atomic E-state index is 6.32. The normalized spacial score (nSPS) is 13.7. The van der Waals surface area contributed by atoms with Crippen molar-refractivity contribution in [3.8, 4) is 0 Å². The lowest BCUT2D eigenvalue weighted by Crippen LogP contribution is -2.52. The third kappa shape index (κ3) is 13.5. The van der Waals surface area contributed by atoms with Crippen LogP contribution < -0.4 is 0 Å². The van der Waals surface area contributed by atoms with Gasteiger partial charge in [0.05, 0.1) is 27.2 Å². The van der Waals surface area contributed by atoms with Crippen molar-refractivity contribution in [1.82, 2.24) is 0 Å². The molecule has 0 fully saturated rings. The molecule has 0 saturated carbocycles. The first-order valence-electron chi connectivity index (χ1n) is 13.1. The monoisotopic (exact) mass is 446 g/mol. The highest BCUT2D eigenvalue weighted by Gasteiger charge is 2.49. The number of unbranched alkanes of at least 4 members (excludes halogenated alkanes) is 8. The van der Waals surface area contributed by atoms with E-state index in [1.54, 1.807) is 0 Å². The largest absolute Gasteiger partial charge is 0.504 e. The second-order valence-electron chi connectivity index (χ2n) is 9.39. The molecule has 0 spiro atoms. The standard InChI is InChI=1S/C25H56NO3Si/c1-8-13-14-15-16-17-18-19-20-21-25(22-24-26(6,7)23-9-2)30(27-10-3,28-11-4)29-12-5/h25H,8-24H2,1-7H3/q+1. The van der Waals surface area contributed by atoms with E-state index in [0.29, 0.717) is 25.4 Å². The van der Waals surface area contributed by atoms with E-state index in [1.807, 2.05) is 0 Å². The number of quaternary nitrogens is 1. The van der Waals surface area contributed by atoms with Gasteiger partial charge in [-0.3, -0.25) is 0 Å². The average Bonchev–Trinajstić information content (AvgIpc) is 2.69. The van der Waals surface area contributed by atoms with Crippen molar-refractivity contribution in [2.45, 2.75) is 117 Å². The molecule has 0 radical (unpaired) electrons. The summed E-state index contributed by atoms with van der Waals surface area (Å²) in [5.74, 6) is 0. The highest BCUT2D eigenvalue weighted by Crippen LogP contribution is 2.35. The van der Waals surface area contributed by atoms with Crippen LogP contribution in [-0.4, -0.2) is 60.3 Å². The predicted molar refractivity (Wildman–Crippen MR) is 133 cm³/mol. The van der Waals surface area contributed by atoms with E-state index >= 15 is 0 Å². The number of rotatable bonds is 22. The Morgan fingerprint density at radius 3 is 1.47 bits per heavy atom. The zero-order valence-electron chi connectivity index (χ0n) is 21.8. The van der Waals surface area contributed by atoms with E-state index in [0.717, 1.165) is 17.4 Å². The summed E-state index contributed by atoms with van der Waals surface area (Å²) in [5, 5.41) is 0. The van der Waals surface area contributed by atoms with Gasteiger partial charge in [-0.05, 0) is 33.6 Å². The second kappa shape index (κ2) is 18.6. The Balaban J connectivity index is 4.84. The summed E-state index contributed by atoms with van der Waals surface area (Å²) in [7, 11) is 2.06. The van der Waals surface area contributed by atoms with Crippen LogP contribution in [0.2, 0.25) is 5.54 Å². The molecule has 0 saturated heterocycles. The average molecular weight is 447 g/mol. The molecule has 0 heterocycles. The van der Waals surface area contributed by atoms with Crippen molar-refractivity contribution in [3.63, 3.8) is 0 Å². The van der Waals surface area contributed by atoms with Gasteiger partial charge >= 0.3 is 8.80 Å². The smallest absolute Gasteiger partial charge is 0.374 e. The summed E-state index contributed by atoms with van der Waals surface area (Å²) in [6.07, 6.45) is 15.8. The Morgan fingerprint density at radius 1 is 0.567 bits per heavy atom. The number of nitrogens with zero attached hydrogens (tertiary/aromatic N) is 1. The highest BCUT2D eigenvalue weighted by molar-refractivity contribution is 6.62. The highest BCUT2D eigenvalue weighted by atomic mass is 28.4. The topological polar surface area (TPSA) is 27.7 Å². The van der Waals surface area contributed by atoms with E-state index in [9.17, 15) is 0 Å². The third-order valence-electron chi connectivity index (χ3n) is 6.10. The molecule has 0 amide bonds. The minimum atomic E-state index is -2.65. The summed E-state index contributed by atoms with van der Waals surface area (Å²) in [4.78, 5) is 0. The van der Waals surface area contributed by atoms with Gasteiger partial charge in [-0.15, -0.1) is 0 Å². The summed E-state index contributed by atoms with van der Waals surface area (Å²) < 4.78 is 20.0. The summed E-state index contributed by atoms with van der Waals surface area (Å²) >= 11 is 0. The van der Waals surface area contributed by atoms with Crippen LogP contribution in [0.5, 0.6) is 0 Å². The van der Waals surface area contributed by atoms with Crippen LogP contribution in [0.4, 0.5) is 0 Å². The predicted octanol–water partition coefficient (Wildman–Crippen LogP) is 7.20. The second-order valence-corrected chi connectivity index (χ2v) is 12.3. The molecule has 1 unspecified atom stereocenters. The van der Waals surface area contributed by atoms with Gasteiger partial charge in [0.2, 0.25) is 0 Å². The van der Waals surface area contributed by atoms with Crippen molar-refractivity contribution >= 4 is 8.80 Å². The summed E-state index contributed by atoms with van der Waals surface area (Å²) in [6, 6.07) is 0. The SMILES string of the molecule is CCCCCCCCCCCC(CC[N+](C)(C)CCC)[Si](OCC)(OCC)OCC. The molecule has 4 nitrogen and oxygen atoms in total. The van der Waals surface area contributed by atoms with E-state index in [1.165, 1.54) is 77.2 Å². The third-order valence-corrected chi connectivity index (χ3v) is 9.76. The van der Waals surface area contributed by atoms with Gasteiger partial charge in [-0.1, -0.05) is 71.6 Å². The molecule has 0 rings (SSSR count). The fraction of sp³-hybridized carbons (Fsp3) is 1.00. The molecule has 1 atom stereocenters. The van der Waals surface area contributed by atoms with Crippen LogP contribution in [0.15, 0.2) is 0 Å². The lowest BCUT2D eigenvalue weighted by Gasteiger charge is -2.37. The lowest BCUT2D eigenvalue weighted by molar-refractivity contribution is -0.890. The van der Waals surface area contributed by atoms with Gasteiger partial charge in [-0.25, -0.2) is 0 Å². The van der Waals surface area contributed by atoms with E-state index in [2.05, 4.69) is 48.7 Å². The van der Waals surface area contributed by atoms with Gasteiger partial charge in [0, 0.05) is 31.8 Å². The molecule has 30 heavy (non-hydrogen) atoms. The first-order chi connectivity index (χ1) is 14.4. The molecule has 0 aliphatic rings. The molecule has 0 bridgehead atoms. The zero-order chi connectivity index (χ0) is 22.7. The Labute approximate surface area is 191 Å². The Bertz CT molecular complexity index is 362. The summed E-state index contributed by atoms with van der Waals surface area (Å²) in [5.41, 5.74) is 0.413. The Morgan fingerprint density at radius 2 is 1.03 bits per heavy atom. The molecular formula is C25H56NO3Si+. The fourth-order valence-electron chi connectivity index (χ4n) is 4.50. The Kier molecular flexibility index (Phi) is 18.6. The first kappa shape index (κ1) is 30.1. The van der Waals surface area contributed by atoms with E-state index < -0.39 is 8.80 Å². The Hall–Kier alpha value is 0.0569. The zero-order valence-corrected chi connectivity index (χ0v) is 22.8. The minimum absolute atomic E-state index is 0.413. The van der Waals surface area contributed by atoms with Crippen LogP contribution in [0.25, 0.3) is 0 Å².